The van der Waals surface area contributed by atoms with Crippen molar-refractivity contribution in [2.75, 3.05) is 20.2 Å². The molecule has 1 saturated carbocycles. The molecule has 0 N–H and O–H groups in total. The smallest absolute Gasteiger partial charge is 0.328 e. The van der Waals surface area contributed by atoms with Crippen LogP contribution in [0.2, 0.25) is 0 Å². The number of piperidine rings is 1. The molecule has 2 saturated heterocycles. The number of hydrogen-bond donors (Lipinski definition) is 0. The predicted molar refractivity (Wildman–Crippen MR) is 111 cm³/mol. The summed E-state index contributed by atoms with van der Waals surface area (Å²) in [5.74, 6) is -0.219. The average molecular weight is 435 g/mol. The van der Waals surface area contributed by atoms with E-state index in [9.17, 15) is 18.0 Å². The summed E-state index contributed by atoms with van der Waals surface area (Å²) in [6.07, 6.45) is 5.85. The molecular weight excluding hydrogens is 404 g/mol. The first kappa shape index (κ1) is 21.3. The molecule has 8 heteroatoms. The van der Waals surface area contributed by atoms with Crippen LogP contribution in [0.3, 0.4) is 0 Å². The van der Waals surface area contributed by atoms with Crippen molar-refractivity contribution in [1.29, 1.82) is 0 Å². The Morgan fingerprint density at radius 2 is 1.67 bits per heavy atom. The van der Waals surface area contributed by atoms with Crippen LogP contribution >= 0.6 is 0 Å². The fourth-order valence-electron chi connectivity index (χ4n) is 5.42. The minimum absolute atomic E-state index is 0.00319. The highest BCUT2D eigenvalue weighted by atomic mass is 32.2. The van der Waals surface area contributed by atoms with Gasteiger partial charge in [0.15, 0.2) is 0 Å². The Hall–Kier alpha value is -1.93. The van der Waals surface area contributed by atoms with Gasteiger partial charge in [-0.3, -0.25) is 4.79 Å². The van der Waals surface area contributed by atoms with Crippen molar-refractivity contribution in [3.63, 3.8) is 0 Å². The number of ether oxygens (including phenoxy) is 1. The number of carbonyl (C=O) groups excluding carboxylic acids is 2. The quantitative estimate of drug-likeness (QED) is 0.680. The highest BCUT2D eigenvalue weighted by molar-refractivity contribution is 7.89. The fraction of sp³-hybridized carbons (Fsp3) is 0.636. The summed E-state index contributed by atoms with van der Waals surface area (Å²) in [4.78, 5) is 27.9. The van der Waals surface area contributed by atoms with E-state index in [1.54, 1.807) is 30.3 Å². The lowest BCUT2D eigenvalue weighted by Crippen LogP contribution is -2.51. The van der Waals surface area contributed by atoms with Gasteiger partial charge in [-0.1, -0.05) is 31.0 Å². The number of carbonyl (C=O) groups is 2. The second-order valence-electron chi connectivity index (χ2n) is 8.62. The zero-order valence-electron chi connectivity index (χ0n) is 17.4. The molecule has 0 radical (unpaired) electrons. The van der Waals surface area contributed by atoms with Crippen LogP contribution in [0, 0.1) is 11.8 Å². The number of nitrogens with zero attached hydrogens (tertiary/aromatic N) is 2. The van der Waals surface area contributed by atoms with Gasteiger partial charge in [-0.15, -0.1) is 0 Å². The molecule has 1 aromatic rings. The lowest BCUT2D eigenvalue weighted by molar-refractivity contribution is -0.154. The monoisotopic (exact) mass is 434 g/mol. The minimum Gasteiger partial charge on any atom is -0.467 e. The van der Waals surface area contributed by atoms with E-state index in [1.807, 2.05) is 4.90 Å². The first-order chi connectivity index (χ1) is 14.4. The molecule has 1 aliphatic carbocycles. The molecule has 2 aliphatic heterocycles. The van der Waals surface area contributed by atoms with Crippen molar-refractivity contribution in [2.24, 2.45) is 11.8 Å². The number of amides is 1. The molecule has 4 rings (SSSR count). The van der Waals surface area contributed by atoms with Gasteiger partial charge < -0.3 is 9.64 Å². The molecule has 1 amide bonds. The van der Waals surface area contributed by atoms with E-state index >= 15 is 0 Å². The Balaban J connectivity index is 1.46. The number of esters is 1. The second-order valence-corrected chi connectivity index (χ2v) is 10.6. The third kappa shape index (κ3) is 3.87. The number of methoxy groups -OCH3 is 1. The maximum atomic E-state index is 13.5. The van der Waals surface area contributed by atoms with Gasteiger partial charge in [-0.25, -0.2) is 13.2 Å². The van der Waals surface area contributed by atoms with E-state index < -0.39 is 16.1 Å². The minimum atomic E-state index is -3.54. The van der Waals surface area contributed by atoms with Crippen LogP contribution in [0.4, 0.5) is 0 Å². The summed E-state index contributed by atoms with van der Waals surface area (Å²) in [5.41, 5.74) is 0. The first-order valence-corrected chi connectivity index (χ1v) is 12.3. The Morgan fingerprint density at radius 3 is 2.33 bits per heavy atom. The molecule has 164 valence electrons. The Labute approximate surface area is 178 Å². The van der Waals surface area contributed by atoms with Crippen LogP contribution < -0.4 is 0 Å². The normalized spacial score (nSPS) is 28.2. The van der Waals surface area contributed by atoms with Crippen LogP contribution in [-0.2, 0) is 24.3 Å². The lowest BCUT2D eigenvalue weighted by atomic mass is 9.84. The summed E-state index contributed by atoms with van der Waals surface area (Å²) in [6.45, 7) is 0.636. The molecule has 0 spiro atoms. The number of fused-ring (bicyclic) bond motifs is 1. The van der Waals surface area contributed by atoms with Gasteiger partial charge in [0.1, 0.15) is 6.04 Å². The van der Waals surface area contributed by atoms with Crippen molar-refractivity contribution in [2.45, 2.75) is 61.9 Å². The predicted octanol–water partition coefficient (Wildman–Crippen LogP) is 2.42. The molecule has 7 nitrogen and oxygen atoms in total. The standard InChI is InChI=1S/C22H30N2O5S/c1-29-22(26)20-15-17-7-5-6-10-19(17)24(20)21(25)16-11-13-23(14-12-16)30(27,28)18-8-3-2-4-9-18/h2-4,8-9,16-17,19-20H,5-7,10-15H2,1H3/t17-,19+,20+/m1/s1. The van der Waals surface area contributed by atoms with Gasteiger partial charge >= 0.3 is 5.97 Å². The average Bonchev–Trinajstić information content (AvgIpc) is 3.18. The molecule has 30 heavy (non-hydrogen) atoms. The molecular formula is C22H30N2O5S. The van der Waals surface area contributed by atoms with Crippen LogP contribution in [0.5, 0.6) is 0 Å². The first-order valence-electron chi connectivity index (χ1n) is 10.9. The Morgan fingerprint density at radius 1 is 1.00 bits per heavy atom. The van der Waals surface area contributed by atoms with E-state index in [4.69, 9.17) is 4.74 Å². The summed E-state index contributed by atoms with van der Waals surface area (Å²) >= 11 is 0. The van der Waals surface area contributed by atoms with E-state index in [0.29, 0.717) is 38.3 Å². The molecule has 2 heterocycles. The summed E-state index contributed by atoms with van der Waals surface area (Å²) in [7, 11) is -2.17. The van der Waals surface area contributed by atoms with Crippen LogP contribution in [-0.4, -0.2) is 61.8 Å². The number of sulfonamides is 1. The number of rotatable bonds is 4. The lowest BCUT2D eigenvalue weighted by Gasteiger charge is -2.38. The molecule has 3 aliphatic rings. The Kier molecular flexibility index (Phi) is 6.16. The van der Waals surface area contributed by atoms with Gasteiger partial charge in [-0.2, -0.15) is 4.31 Å². The van der Waals surface area contributed by atoms with Crippen molar-refractivity contribution in [1.82, 2.24) is 9.21 Å². The number of hydrogen-bond acceptors (Lipinski definition) is 5. The van der Waals surface area contributed by atoms with Crippen molar-refractivity contribution < 1.29 is 22.7 Å². The summed E-state index contributed by atoms with van der Waals surface area (Å²) in [5, 5.41) is 0. The topological polar surface area (TPSA) is 84.0 Å². The molecule has 3 atom stereocenters. The van der Waals surface area contributed by atoms with Gasteiger partial charge in [0, 0.05) is 25.0 Å². The summed E-state index contributed by atoms with van der Waals surface area (Å²) < 4.78 is 32.2. The van der Waals surface area contributed by atoms with E-state index in [1.165, 1.54) is 11.4 Å². The van der Waals surface area contributed by atoms with E-state index in [2.05, 4.69) is 0 Å². The highest BCUT2D eigenvalue weighted by Gasteiger charge is 2.49. The second kappa shape index (κ2) is 8.67. The zero-order chi connectivity index (χ0) is 21.3. The van der Waals surface area contributed by atoms with Crippen LogP contribution in [0.1, 0.15) is 44.9 Å². The SMILES string of the molecule is COC(=O)[C@@H]1C[C@H]2CCCC[C@@H]2N1C(=O)C1CCN(S(=O)(=O)c2ccccc2)CC1. The summed E-state index contributed by atoms with van der Waals surface area (Å²) in [6, 6.07) is 8.02. The molecule has 3 fully saturated rings. The van der Waals surface area contributed by atoms with Gasteiger partial charge in [0.05, 0.1) is 12.0 Å². The molecule has 1 aromatic carbocycles. The fourth-order valence-corrected chi connectivity index (χ4v) is 6.91. The van der Waals surface area contributed by atoms with Crippen molar-refractivity contribution >= 4 is 21.9 Å². The van der Waals surface area contributed by atoms with Gasteiger partial charge in [0.25, 0.3) is 0 Å². The molecule has 0 bridgehead atoms. The third-order valence-corrected chi connectivity index (χ3v) is 8.91. The van der Waals surface area contributed by atoms with E-state index in [0.717, 1.165) is 25.7 Å². The van der Waals surface area contributed by atoms with Gasteiger partial charge in [-0.05, 0) is 50.2 Å². The third-order valence-electron chi connectivity index (χ3n) is 7.00. The number of benzene rings is 1. The van der Waals surface area contributed by atoms with Crippen LogP contribution in [0.25, 0.3) is 0 Å². The molecule has 0 aromatic heterocycles. The van der Waals surface area contributed by atoms with Gasteiger partial charge in [0.2, 0.25) is 15.9 Å². The maximum Gasteiger partial charge on any atom is 0.328 e. The van der Waals surface area contributed by atoms with Crippen molar-refractivity contribution in [3.05, 3.63) is 30.3 Å². The van der Waals surface area contributed by atoms with Crippen molar-refractivity contribution in [3.8, 4) is 0 Å². The number of likely N-dealkylation sites (tertiary alicyclic amines) is 1. The highest BCUT2D eigenvalue weighted by Crippen LogP contribution is 2.41. The van der Waals surface area contributed by atoms with Crippen LogP contribution in [0.15, 0.2) is 35.2 Å². The Bertz CT molecular complexity index is 880. The van der Waals surface area contributed by atoms with E-state index in [-0.39, 0.29) is 28.7 Å². The molecule has 0 unspecified atom stereocenters. The largest absolute Gasteiger partial charge is 0.467 e. The maximum absolute atomic E-state index is 13.5. The zero-order valence-corrected chi connectivity index (χ0v) is 18.2.